The summed E-state index contributed by atoms with van der Waals surface area (Å²) in [4.78, 5) is 0.292. The number of aromatic nitrogens is 1. The van der Waals surface area contributed by atoms with Gasteiger partial charge in [-0.1, -0.05) is 45.4 Å². The molecule has 0 aliphatic carbocycles. The van der Waals surface area contributed by atoms with Crippen molar-refractivity contribution in [3.8, 4) is 22.4 Å². The zero-order chi connectivity index (χ0) is 16.6. The number of aryl methyl sites for hydroxylation is 1. The first-order valence-electron chi connectivity index (χ1n) is 6.89. The van der Waals surface area contributed by atoms with E-state index in [1.54, 1.807) is 24.3 Å². The van der Waals surface area contributed by atoms with Crippen molar-refractivity contribution in [2.45, 2.75) is 11.8 Å². The monoisotopic (exact) mass is 391 g/mol. The van der Waals surface area contributed by atoms with Crippen molar-refractivity contribution in [2.75, 3.05) is 6.26 Å². The molecule has 4 nitrogen and oxygen atoms in total. The van der Waals surface area contributed by atoms with Gasteiger partial charge in [0, 0.05) is 16.3 Å². The van der Waals surface area contributed by atoms with Crippen molar-refractivity contribution in [1.82, 2.24) is 5.16 Å². The fraction of sp³-hybridized carbons (Fsp3) is 0.118. The molecule has 0 saturated heterocycles. The third-order valence-electron chi connectivity index (χ3n) is 3.55. The summed E-state index contributed by atoms with van der Waals surface area (Å²) in [5.41, 5.74) is 3.41. The van der Waals surface area contributed by atoms with E-state index in [9.17, 15) is 8.42 Å². The zero-order valence-corrected chi connectivity index (χ0v) is 15.0. The predicted molar refractivity (Wildman–Crippen MR) is 92.9 cm³/mol. The molecule has 6 heteroatoms. The lowest BCUT2D eigenvalue weighted by molar-refractivity contribution is 0.400. The van der Waals surface area contributed by atoms with Gasteiger partial charge >= 0.3 is 0 Å². The van der Waals surface area contributed by atoms with E-state index in [0.29, 0.717) is 10.7 Å². The van der Waals surface area contributed by atoms with Crippen LogP contribution in [0.2, 0.25) is 0 Å². The number of hydrogen-bond donors (Lipinski definition) is 0. The number of halogens is 1. The number of nitrogens with zero attached hydrogens (tertiary/aromatic N) is 1. The summed E-state index contributed by atoms with van der Waals surface area (Å²) in [5.74, 6) is 0.690. The van der Waals surface area contributed by atoms with E-state index in [1.165, 1.54) is 6.26 Å². The van der Waals surface area contributed by atoms with Crippen LogP contribution in [0, 0.1) is 6.92 Å². The maximum Gasteiger partial charge on any atom is 0.175 e. The van der Waals surface area contributed by atoms with Crippen LogP contribution in [0.25, 0.3) is 22.4 Å². The van der Waals surface area contributed by atoms with Gasteiger partial charge in [0.2, 0.25) is 0 Å². The second kappa shape index (κ2) is 5.94. The lowest BCUT2D eigenvalue weighted by Gasteiger charge is -2.05. The molecule has 0 bridgehead atoms. The molecule has 0 radical (unpaired) electrons. The summed E-state index contributed by atoms with van der Waals surface area (Å²) in [6.45, 7) is 1.84. The molecule has 2 aromatic carbocycles. The Morgan fingerprint density at radius 1 is 0.957 bits per heavy atom. The molecule has 0 aliphatic rings. The van der Waals surface area contributed by atoms with Crippen LogP contribution in [0.1, 0.15) is 5.76 Å². The Morgan fingerprint density at radius 3 is 2.09 bits per heavy atom. The molecule has 1 aromatic heterocycles. The summed E-state index contributed by atoms with van der Waals surface area (Å²) in [5, 5.41) is 4.15. The topological polar surface area (TPSA) is 60.2 Å². The Labute approximate surface area is 143 Å². The highest BCUT2D eigenvalue weighted by molar-refractivity contribution is 9.10. The predicted octanol–water partition coefficient (Wildman–Crippen LogP) is 4.48. The Hall–Kier alpha value is -1.92. The normalized spacial score (nSPS) is 11.6. The third kappa shape index (κ3) is 3.23. The third-order valence-corrected chi connectivity index (χ3v) is 5.21. The Bertz CT molecular complexity index is 943. The van der Waals surface area contributed by atoms with Crippen molar-refractivity contribution in [3.63, 3.8) is 0 Å². The van der Waals surface area contributed by atoms with Gasteiger partial charge in [0.05, 0.1) is 10.5 Å². The Morgan fingerprint density at radius 2 is 1.52 bits per heavy atom. The molecule has 0 amide bonds. The molecule has 1 heterocycles. The average Bonchev–Trinajstić information content (AvgIpc) is 2.89. The molecular weight excluding hydrogens is 378 g/mol. The molecule has 0 aliphatic heterocycles. The van der Waals surface area contributed by atoms with Gasteiger partial charge in [-0.15, -0.1) is 0 Å². The molecule has 0 saturated carbocycles. The lowest BCUT2D eigenvalue weighted by Crippen LogP contribution is -1.96. The molecule has 0 spiro atoms. The molecule has 0 N–H and O–H groups in total. The summed E-state index contributed by atoms with van der Waals surface area (Å²) in [6.07, 6.45) is 1.19. The van der Waals surface area contributed by atoms with Crippen molar-refractivity contribution >= 4 is 25.8 Å². The van der Waals surface area contributed by atoms with Crippen molar-refractivity contribution < 1.29 is 12.9 Å². The second-order valence-electron chi connectivity index (χ2n) is 5.27. The Balaban J connectivity index is 2.10. The standard InChI is InChI=1S/C17H14BrNO3S/c1-11-16(12-5-9-15(10-6-12)23(2,20)21)17(19-22-11)13-3-7-14(18)8-4-13/h3-10H,1-2H3. The zero-order valence-electron chi connectivity index (χ0n) is 12.6. The summed E-state index contributed by atoms with van der Waals surface area (Å²) in [7, 11) is -3.21. The number of sulfone groups is 1. The SMILES string of the molecule is Cc1onc(-c2ccc(Br)cc2)c1-c1ccc(S(C)(=O)=O)cc1. The molecule has 0 unspecified atom stereocenters. The van der Waals surface area contributed by atoms with Crippen molar-refractivity contribution in [2.24, 2.45) is 0 Å². The minimum Gasteiger partial charge on any atom is -0.360 e. The molecule has 3 rings (SSSR count). The van der Waals surface area contributed by atoms with Crippen LogP contribution in [-0.4, -0.2) is 19.8 Å². The molecule has 3 aromatic rings. The van der Waals surface area contributed by atoms with Gasteiger partial charge in [0.25, 0.3) is 0 Å². The first-order chi connectivity index (χ1) is 10.9. The quantitative estimate of drug-likeness (QED) is 0.659. The lowest BCUT2D eigenvalue weighted by atomic mass is 10.00. The fourth-order valence-corrected chi connectivity index (χ4v) is 3.28. The van der Waals surface area contributed by atoms with Gasteiger partial charge < -0.3 is 4.52 Å². The van der Waals surface area contributed by atoms with Gasteiger partial charge in [-0.2, -0.15) is 0 Å². The molecule has 23 heavy (non-hydrogen) atoms. The highest BCUT2D eigenvalue weighted by Gasteiger charge is 2.17. The summed E-state index contributed by atoms with van der Waals surface area (Å²) >= 11 is 3.41. The highest BCUT2D eigenvalue weighted by atomic mass is 79.9. The summed E-state index contributed by atoms with van der Waals surface area (Å²) < 4.78 is 29.5. The number of rotatable bonds is 3. The summed E-state index contributed by atoms with van der Waals surface area (Å²) in [6, 6.07) is 14.5. The van der Waals surface area contributed by atoms with Gasteiger partial charge in [0.1, 0.15) is 11.5 Å². The van der Waals surface area contributed by atoms with Gasteiger partial charge in [-0.25, -0.2) is 8.42 Å². The van der Waals surface area contributed by atoms with Crippen LogP contribution in [0.3, 0.4) is 0 Å². The van der Waals surface area contributed by atoms with E-state index in [4.69, 9.17) is 4.52 Å². The van der Waals surface area contributed by atoms with Gasteiger partial charge in [0.15, 0.2) is 9.84 Å². The smallest absolute Gasteiger partial charge is 0.175 e. The molecule has 118 valence electrons. The van der Waals surface area contributed by atoms with Crippen LogP contribution in [0.4, 0.5) is 0 Å². The van der Waals surface area contributed by atoms with E-state index < -0.39 is 9.84 Å². The van der Waals surface area contributed by atoms with E-state index in [1.807, 2.05) is 31.2 Å². The Kier molecular flexibility index (Phi) is 4.12. The first kappa shape index (κ1) is 16.0. The fourth-order valence-electron chi connectivity index (χ4n) is 2.39. The second-order valence-corrected chi connectivity index (χ2v) is 8.20. The molecule has 0 atom stereocenters. The number of benzene rings is 2. The van der Waals surface area contributed by atoms with E-state index in [-0.39, 0.29) is 0 Å². The highest BCUT2D eigenvalue weighted by Crippen LogP contribution is 2.35. The largest absolute Gasteiger partial charge is 0.360 e. The van der Waals surface area contributed by atoms with Crippen LogP contribution in [0.5, 0.6) is 0 Å². The van der Waals surface area contributed by atoms with Crippen LogP contribution >= 0.6 is 15.9 Å². The van der Waals surface area contributed by atoms with Crippen LogP contribution in [0.15, 0.2) is 62.4 Å². The van der Waals surface area contributed by atoms with Crippen molar-refractivity contribution in [1.29, 1.82) is 0 Å². The molecule has 0 fully saturated rings. The van der Waals surface area contributed by atoms with Crippen LogP contribution in [-0.2, 0) is 9.84 Å². The van der Waals surface area contributed by atoms with Gasteiger partial charge in [-0.3, -0.25) is 0 Å². The maximum atomic E-state index is 11.6. The molecular formula is C17H14BrNO3S. The van der Waals surface area contributed by atoms with Crippen LogP contribution < -0.4 is 0 Å². The first-order valence-corrected chi connectivity index (χ1v) is 9.57. The van der Waals surface area contributed by atoms with Crippen molar-refractivity contribution in [3.05, 3.63) is 58.8 Å². The minimum absolute atomic E-state index is 0.292. The average molecular weight is 392 g/mol. The van der Waals surface area contributed by atoms with Gasteiger partial charge in [-0.05, 0) is 36.8 Å². The number of hydrogen-bond acceptors (Lipinski definition) is 4. The van der Waals surface area contributed by atoms with E-state index in [2.05, 4.69) is 21.1 Å². The van der Waals surface area contributed by atoms with E-state index >= 15 is 0 Å². The van der Waals surface area contributed by atoms with E-state index in [0.717, 1.165) is 26.9 Å². The maximum absolute atomic E-state index is 11.6. The minimum atomic E-state index is -3.21.